The highest BCUT2D eigenvalue weighted by atomic mass is 16.5. The summed E-state index contributed by atoms with van der Waals surface area (Å²) in [5.74, 6) is 0.703. The van der Waals surface area contributed by atoms with E-state index in [0.717, 1.165) is 17.7 Å². The Bertz CT molecular complexity index is 719. The van der Waals surface area contributed by atoms with Crippen LogP contribution in [0.2, 0.25) is 0 Å². The van der Waals surface area contributed by atoms with Crippen molar-refractivity contribution in [3.05, 3.63) is 65.2 Å². The van der Waals surface area contributed by atoms with Crippen molar-refractivity contribution in [1.82, 2.24) is 5.32 Å². The number of carbonyl (C=O) groups excluding carboxylic acids is 1. The summed E-state index contributed by atoms with van der Waals surface area (Å²) in [7, 11) is 0. The second-order valence-electron chi connectivity index (χ2n) is 4.99. The lowest BCUT2D eigenvalue weighted by Crippen LogP contribution is -2.42. The van der Waals surface area contributed by atoms with Gasteiger partial charge in [0, 0.05) is 5.56 Å². The van der Waals surface area contributed by atoms with E-state index in [-0.39, 0.29) is 11.9 Å². The summed E-state index contributed by atoms with van der Waals surface area (Å²) in [6, 6.07) is 16.5. The number of hydrogen-bond acceptors (Lipinski definition) is 3. The van der Waals surface area contributed by atoms with Crippen LogP contribution in [0.25, 0.3) is 0 Å². The molecule has 1 unspecified atom stereocenters. The van der Waals surface area contributed by atoms with Crippen LogP contribution in [0, 0.1) is 11.3 Å². The quantitative estimate of drug-likeness (QED) is 0.916. The Kier molecular flexibility index (Phi) is 3.57. The van der Waals surface area contributed by atoms with Crippen molar-refractivity contribution in [3.8, 4) is 11.8 Å². The highest BCUT2D eigenvalue weighted by Gasteiger charge is 2.21. The second kappa shape index (κ2) is 5.68. The topological polar surface area (TPSA) is 62.1 Å². The molecule has 1 aliphatic rings. The maximum Gasteiger partial charge on any atom is 0.251 e. The van der Waals surface area contributed by atoms with Crippen molar-refractivity contribution in [2.75, 3.05) is 6.61 Å². The number of para-hydroxylation sites is 1. The highest BCUT2D eigenvalue weighted by molar-refractivity contribution is 5.94. The van der Waals surface area contributed by atoms with Gasteiger partial charge in [-0.2, -0.15) is 5.26 Å². The summed E-state index contributed by atoms with van der Waals surface area (Å²) in [6.45, 7) is 0.459. The summed E-state index contributed by atoms with van der Waals surface area (Å²) in [5, 5.41) is 11.8. The smallest absolute Gasteiger partial charge is 0.251 e. The zero-order chi connectivity index (χ0) is 14.7. The number of benzene rings is 2. The Morgan fingerprint density at radius 3 is 2.95 bits per heavy atom. The summed E-state index contributed by atoms with van der Waals surface area (Å²) in [6.07, 6.45) is 0.750. The molecule has 1 amide bonds. The van der Waals surface area contributed by atoms with Gasteiger partial charge in [-0.1, -0.05) is 24.3 Å². The van der Waals surface area contributed by atoms with Crippen LogP contribution in [-0.2, 0) is 6.42 Å². The van der Waals surface area contributed by atoms with Crippen LogP contribution in [0.1, 0.15) is 21.5 Å². The largest absolute Gasteiger partial charge is 0.491 e. The molecule has 0 bridgehead atoms. The van der Waals surface area contributed by atoms with Gasteiger partial charge in [0.2, 0.25) is 0 Å². The molecular weight excluding hydrogens is 264 g/mol. The van der Waals surface area contributed by atoms with Crippen LogP contribution in [0.5, 0.6) is 5.75 Å². The first-order valence-electron chi connectivity index (χ1n) is 6.78. The molecule has 0 saturated carbocycles. The zero-order valence-corrected chi connectivity index (χ0v) is 11.4. The minimum Gasteiger partial charge on any atom is -0.491 e. The summed E-state index contributed by atoms with van der Waals surface area (Å²) >= 11 is 0. The fourth-order valence-electron chi connectivity index (χ4n) is 2.42. The number of hydrogen-bond donors (Lipinski definition) is 1. The lowest BCUT2D eigenvalue weighted by molar-refractivity contribution is 0.0915. The van der Waals surface area contributed by atoms with E-state index in [1.54, 1.807) is 24.3 Å². The average molecular weight is 278 g/mol. The predicted octanol–water partition coefficient (Wildman–Crippen LogP) is 2.29. The number of rotatable bonds is 2. The molecule has 0 aromatic heterocycles. The monoisotopic (exact) mass is 278 g/mol. The summed E-state index contributed by atoms with van der Waals surface area (Å²) in [5.41, 5.74) is 2.07. The molecule has 1 aliphatic heterocycles. The molecule has 2 aromatic rings. The molecule has 1 N–H and O–H groups in total. The molecule has 0 aliphatic carbocycles. The molecule has 0 radical (unpaired) electrons. The van der Waals surface area contributed by atoms with E-state index in [1.165, 1.54) is 0 Å². The molecule has 0 saturated heterocycles. The van der Waals surface area contributed by atoms with Crippen molar-refractivity contribution in [3.63, 3.8) is 0 Å². The van der Waals surface area contributed by atoms with Crippen molar-refractivity contribution in [1.29, 1.82) is 5.26 Å². The van der Waals surface area contributed by atoms with E-state index in [4.69, 9.17) is 10.00 Å². The number of fused-ring (bicyclic) bond motifs is 1. The Morgan fingerprint density at radius 1 is 1.24 bits per heavy atom. The minimum atomic E-state index is -0.180. The van der Waals surface area contributed by atoms with Gasteiger partial charge in [0.15, 0.2) is 0 Å². The lowest BCUT2D eigenvalue weighted by atomic mass is 10.0. The van der Waals surface area contributed by atoms with E-state index in [2.05, 4.69) is 5.32 Å². The van der Waals surface area contributed by atoms with Gasteiger partial charge >= 0.3 is 0 Å². The normalized spacial score (nSPS) is 16.2. The Hall–Kier alpha value is -2.80. The van der Waals surface area contributed by atoms with Gasteiger partial charge in [-0.15, -0.1) is 0 Å². The molecule has 3 rings (SSSR count). The van der Waals surface area contributed by atoms with Crippen molar-refractivity contribution >= 4 is 5.91 Å². The van der Waals surface area contributed by atoms with Crippen LogP contribution >= 0.6 is 0 Å². The number of nitrogens with zero attached hydrogens (tertiary/aromatic N) is 1. The van der Waals surface area contributed by atoms with E-state index < -0.39 is 0 Å². The number of amides is 1. The third kappa shape index (κ3) is 2.87. The average Bonchev–Trinajstić information content (AvgIpc) is 2.54. The van der Waals surface area contributed by atoms with Gasteiger partial charge in [0.25, 0.3) is 5.91 Å². The second-order valence-corrected chi connectivity index (χ2v) is 4.99. The molecule has 1 heterocycles. The van der Waals surface area contributed by atoms with Crippen LogP contribution in [-0.4, -0.2) is 18.6 Å². The Balaban J connectivity index is 1.70. The van der Waals surface area contributed by atoms with Crippen LogP contribution in [0.15, 0.2) is 48.5 Å². The molecule has 4 nitrogen and oxygen atoms in total. The summed E-state index contributed by atoms with van der Waals surface area (Å²) in [4.78, 5) is 12.2. The maximum atomic E-state index is 12.2. The van der Waals surface area contributed by atoms with Gasteiger partial charge in [-0.05, 0) is 36.2 Å². The first-order chi connectivity index (χ1) is 10.3. The van der Waals surface area contributed by atoms with Gasteiger partial charge in [-0.25, -0.2) is 0 Å². The fraction of sp³-hybridized carbons (Fsp3) is 0.176. The van der Waals surface area contributed by atoms with Gasteiger partial charge in [-0.3, -0.25) is 4.79 Å². The Morgan fingerprint density at radius 2 is 2.10 bits per heavy atom. The van der Waals surface area contributed by atoms with E-state index in [0.29, 0.717) is 17.7 Å². The van der Waals surface area contributed by atoms with Crippen molar-refractivity contribution in [2.24, 2.45) is 0 Å². The lowest BCUT2D eigenvalue weighted by Gasteiger charge is -2.26. The first kappa shape index (κ1) is 13.2. The van der Waals surface area contributed by atoms with E-state index >= 15 is 0 Å². The van der Waals surface area contributed by atoms with E-state index in [9.17, 15) is 4.79 Å². The van der Waals surface area contributed by atoms with E-state index in [1.807, 2.05) is 30.3 Å². The molecule has 0 spiro atoms. The number of nitrogens with one attached hydrogen (secondary N) is 1. The van der Waals surface area contributed by atoms with Gasteiger partial charge < -0.3 is 10.1 Å². The molecule has 104 valence electrons. The Labute approximate surface area is 123 Å². The van der Waals surface area contributed by atoms with Crippen LogP contribution in [0.3, 0.4) is 0 Å². The van der Waals surface area contributed by atoms with Crippen LogP contribution in [0.4, 0.5) is 0 Å². The SMILES string of the molecule is N#Cc1cccc(C(=O)NC2COc3ccccc3C2)c1. The third-order valence-corrected chi connectivity index (χ3v) is 3.47. The molecule has 21 heavy (non-hydrogen) atoms. The highest BCUT2D eigenvalue weighted by Crippen LogP contribution is 2.24. The number of carbonyl (C=O) groups is 1. The minimum absolute atomic E-state index is 0.0573. The fourth-order valence-corrected chi connectivity index (χ4v) is 2.42. The van der Waals surface area contributed by atoms with Crippen molar-refractivity contribution in [2.45, 2.75) is 12.5 Å². The van der Waals surface area contributed by atoms with Crippen molar-refractivity contribution < 1.29 is 9.53 Å². The standard InChI is InChI=1S/C17H14N2O2/c18-10-12-4-3-6-14(8-12)17(20)19-15-9-13-5-1-2-7-16(13)21-11-15/h1-8,15H,9,11H2,(H,19,20). The predicted molar refractivity (Wildman–Crippen MR) is 78.1 cm³/mol. The zero-order valence-electron chi connectivity index (χ0n) is 11.4. The molecule has 0 fully saturated rings. The molecule has 4 heteroatoms. The molecule has 2 aromatic carbocycles. The van der Waals surface area contributed by atoms with Gasteiger partial charge in [0.1, 0.15) is 12.4 Å². The molecular formula is C17H14N2O2. The van der Waals surface area contributed by atoms with Crippen LogP contribution < -0.4 is 10.1 Å². The van der Waals surface area contributed by atoms with Gasteiger partial charge in [0.05, 0.1) is 17.7 Å². The number of nitriles is 1. The first-order valence-corrected chi connectivity index (χ1v) is 6.78. The maximum absolute atomic E-state index is 12.2. The molecule has 1 atom stereocenters. The third-order valence-electron chi connectivity index (χ3n) is 3.47. The summed E-state index contributed by atoms with van der Waals surface area (Å²) < 4.78 is 5.65. The number of ether oxygens (including phenoxy) is 1.